The number of fused-ring (bicyclic) bond motifs is 1. The van der Waals surface area contributed by atoms with Gasteiger partial charge in [0, 0.05) is 40.5 Å². The molecule has 0 aliphatic carbocycles. The number of H-pyrrole nitrogens is 1. The summed E-state index contributed by atoms with van der Waals surface area (Å²) in [5, 5.41) is 18.5. The Balaban J connectivity index is 1.35. The lowest BCUT2D eigenvalue weighted by atomic mass is 10.0. The minimum Gasteiger partial charge on any atom is -0.361 e. The lowest BCUT2D eigenvalue weighted by molar-refractivity contribution is -0.123. The number of amides is 2. The molecule has 37 heavy (non-hydrogen) atoms. The second kappa shape index (κ2) is 10.9. The van der Waals surface area contributed by atoms with Crippen molar-refractivity contribution >= 4 is 46.1 Å². The molecule has 5 rings (SSSR count). The predicted octanol–water partition coefficient (Wildman–Crippen LogP) is 4.18. The van der Waals surface area contributed by atoms with Gasteiger partial charge in [-0.2, -0.15) is 4.68 Å². The zero-order valence-electron chi connectivity index (χ0n) is 19.5. The van der Waals surface area contributed by atoms with E-state index in [9.17, 15) is 9.59 Å². The Kier molecular flexibility index (Phi) is 7.05. The monoisotopic (exact) mass is 511 g/mol. The van der Waals surface area contributed by atoms with Gasteiger partial charge in [-0.3, -0.25) is 9.59 Å². The van der Waals surface area contributed by atoms with Crippen LogP contribution in [0.1, 0.15) is 11.1 Å². The standard InChI is InChI=1S/C27H22ClN7O2/c28-21-8-10-25(35-17-30-33-34-35)20(15-21)7-11-26(36)32-24(14-18-4-2-1-3-5-18)27(37)31-22-9-6-19-12-13-29-23(19)16-22/h1-13,15-17,24,29H,14H2,(H,31,37)(H,32,36)/t24-/m0/s1. The van der Waals surface area contributed by atoms with Crippen molar-refractivity contribution in [1.82, 2.24) is 30.5 Å². The molecule has 0 spiro atoms. The topological polar surface area (TPSA) is 118 Å². The molecule has 2 heterocycles. The fourth-order valence-electron chi connectivity index (χ4n) is 3.94. The van der Waals surface area contributed by atoms with E-state index in [-0.39, 0.29) is 5.91 Å². The molecule has 3 aromatic carbocycles. The maximum atomic E-state index is 13.3. The van der Waals surface area contributed by atoms with Gasteiger partial charge in [-0.1, -0.05) is 48.0 Å². The summed E-state index contributed by atoms with van der Waals surface area (Å²) >= 11 is 6.17. The largest absolute Gasteiger partial charge is 0.361 e. The smallest absolute Gasteiger partial charge is 0.247 e. The first-order valence-corrected chi connectivity index (χ1v) is 11.9. The molecule has 2 amide bonds. The van der Waals surface area contributed by atoms with Crippen LogP contribution in [0.15, 0.2) is 91.4 Å². The van der Waals surface area contributed by atoms with Crippen molar-refractivity contribution in [2.24, 2.45) is 0 Å². The lowest BCUT2D eigenvalue weighted by Crippen LogP contribution is -2.44. The molecule has 0 saturated carbocycles. The second-order valence-electron chi connectivity index (χ2n) is 8.31. The quantitative estimate of drug-likeness (QED) is 0.270. The van der Waals surface area contributed by atoms with E-state index in [2.05, 4.69) is 31.1 Å². The van der Waals surface area contributed by atoms with E-state index >= 15 is 0 Å². The number of hydrogen-bond acceptors (Lipinski definition) is 5. The van der Waals surface area contributed by atoms with E-state index < -0.39 is 11.9 Å². The van der Waals surface area contributed by atoms with Crippen molar-refractivity contribution in [3.05, 3.63) is 108 Å². The maximum Gasteiger partial charge on any atom is 0.247 e. The van der Waals surface area contributed by atoms with Crippen molar-refractivity contribution in [3.63, 3.8) is 0 Å². The van der Waals surface area contributed by atoms with Crippen molar-refractivity contribution in [2.75, 3.05) is 5.32 Å². The van der Waals surface area contributed by atoms with Crippen LogP contribution >= 0.6 is 11.6 Å². The summed E-state index contributed by atoms with van der Waals surface area (Å²) in [4.78, 5) is 29.3. The van der Waals surface area contributed by atoms with Gasteiger partial charge in [0.15, 0.2) is 0 Å². The summed E-state index contributed by atoms with van der Waals surface area (Å²) in [7, 11) is 0. The number of nitrogens with zero attached hydrogens (tertiary/aromatic N) is 4. The number of halogens is 1. The van der Waals surface area contributed by atoms with Crippen molar-refractivity contribution < 1.29 is 9.59 Å². The van der Waals surface area contributed by atoms with Crippen LogP contribution in [0.5, 0.6) is 0 Å². The van der Waals surface area contributed by atoms with Gasteiger partial charge >= 0.3 is 0 Å². The van der Waals surface area contributed by atoms with Crippen LogP contribution in [0.3, 0.4) is 0 Å². The van der Waals surface area contributed by atoms with E-state index in [1.807, 2.05) is 60.8 Å². The zero-order valence-corrected chi connectivity index (χ0v) is 20.3. The minimum atomic E-state index is -0.808. The number of carbonyl (C=O) groups is 2. The molecule has 0 aliphatic heterocycles. The van der Waals surface area contributed by atoms with Gasteiger partial charge in [-0.05, 0) is 63.9 Å². The van der Waals surface area contributed by atoms with Crippen LogP contribution in [0.2, 0.25) is 5.02 Å². The van der Waals surface area contributed by atoms with E-state index in [0.29, 0.717) is 28.4 Å². The van der Waals surface area contributed by atoms with Gasteiger partial charge in [0.1, 0.15) is 12.4 Å². The molecule has 1 atom stereocenters. The summed E-state index contributed by atoms with van der Waals surface area (Å²) in [6, 6.07) is 21.4. The van der Waals surface area contributed by atoms with E-state index in [1.165, 1.54) is 17.1 Å². The highest BCUT2D eigenvalue weighted by Crippen LogP contribution is 2.21. The van der Waals surface area contributed by atoms with Gasteiger partial charge in [0.05, 0.1) is 5.69 Å². The molecule has 2 aromatic heterocycles. The Morgan fingerprint density at radius 3 is 2.73 bits per heavy atom. The molecule has 0 unspecified atom stereocenters. The van der Waals surface area contributed by atoms with Gasteiger partial charge in [-0.25, -0.2) is 0 Å². The maximum absolute atomic E-state index is 13.3. The number of carbonyl (C=O) groups excluding carboxylic acids is 2. The van der Waals surface area contributed by atoms with Gasteiger partial charge in [0.2, 0.25) is 11.8 Å². The molecular weight excluding hydrogens is 490 g/mol. The lowest BCUT2D eigenvalue weighted by Gasteiger charge is -2.18. The van der Waals surface area contributed by atoms with Crippen LogP contribution in [0, 0.1) is 0 Å². The number of nitrogens with one attached hydrogen (secondary N) is 3. The molecule has 0 radical (unpaired) electrons. The predicted molar refractivity (Wildman–Crippen MR) is 142 cm³/mol. The average Bonchev–Trinajstić information content (AvgIpc) is 3.60. The van der Waals surface area contributed by atoms with E-state index in [4.69, 9.17) is 11.6 Å². The summed E-state index contributed by atoms with van der Waals surface area (Å²) in [6.45, 7) is 0. The highest BCUT2D eigenvalue weighted by Gasteiger charge is 2.21. The minimum absolute atomic E-state index is 0.323. The number of benzene rings is 3. The zero-order chi connectivity index (χ0) is 25.6. The van der Waals surface area contributed by atoms with Crippen LogP contribution in [0.4, 0.5) is 5.69 Å². The summed E-state index contributed by atoms with van der Waals surface area (Å²) in [5.41, 5.74) is 3.75. The fraction of sp³-hybridized carbons (Fsp3) is 0.0741. The molecule has 9 nitrogen and oxygen atoms in total. The second-order valence-corrected chi connectivity index (χ2v) is 8.75. The number of tetrazole rings is 1. The molecular formula is C27H22ClN7O2. The molecule has 10 heteroatoms. The third-order valence-corrected chi connectivity index (χ3v) is 5.97. The van der Waals surface area contributed by atoms with Crippen molar-refractivity contribution in [3.8, 4) is 5.69 Å². The third kappa shape index (κ3) is 5.91. The van der Waals surface area contributed by atoms with Crippen LogP contribution in [0.25, 0.3) is 22.7 Å². The number of rotatable bonds is 8. The van der Waals surface area contributed by atoms with E-state index in [0.717, 1.165) is 16.5 Å². The fourth-order valence-corrected chi connectivity index (χ4v) is 4.12. The molecule has 5 aromatic rings. The number of aromatic nitrogens is 5. The van der Waals surface area contributed by atoms with Gasteiger partial charge in [0.25, 0.3) is 0 Å². The van der Waals surface area contributed by atoms with Crippen molar-refractivity contribution in [1.29, 1.82) is 0 Å². The third-order valence-electron chi connectivity index (χ3n) is 5.74. The Morgan fingerprint density at radius 2 is 1.92 bits per heavy atom. The van der Waals surface area contributed by atoms with Crippen LogP contribution in [-0.4, -0.2) is 43.0 Å². The Morgan fingerprint density at radius 1 is 1.05 bits per heavy atom. The highest BCUT2D eigenvalue weighted by atomic mass is 35.5. The molecule has 0 saturated heterocycles. The summed E-state index contributed by atoms with van der Waals surface area (Å²) < 4.78 is 1.47. The van der Waals surface area contributed by atoms with E-state index in [1.54, 1.807) is 24.3 Å². The summed E-state index contributed by atoms with van der Waals surface area (Å²) in [6.07, 6.45) is 6.58. The Labute approximate surface area is 217 Å². The number of anilines is 1. The first-order chi connectivity index (χ1) is 18.0. The van der Waals surface area contributed by atoms with Crippen LogP contribution < -0.4 is 10.6 Å². The number of aromatic amines is 1. The first kappa shape index (κ1) is 24.0. The average molecular weight is 512 g/mol. The first-order valence-electron chi connectivity index (χ1n) is 11.5. The van der Waals surface area contributed by atoms with Crippen LogP contribution in [-0.2, 0) is 16.0 Å². The normalized spacial score (nSPS) is 12.0. The SMILES string of the molecule is O=C(C=Cc1cc(Cl)ccc1-n1cnnn1)N[C@@H](Cc1ccccc1)C(=O)Nc1ccc2cc[nH]c2c1. The highest BCUT2D eigenvalue weighted by molar-refractivity contribution is 6.30. The van der Waals surface area contributed by atoms with Gasteiger partial charge < -0.3 is 15.6 Å². The summed E-state index contributed by atoms with van der Waals surface area (Å²) in [5.74, 6) is -0.757. The van der Waals surface area contributed by atoms with Crippen molar-refractivity contribution in [2.45, 2.75) is 12.5 Å². The molecule has 3 N–H and O–H groups in total. The Bertz CT molecular complexity index is 1560. The Hall–Kier alpha value is -4.76. The molecule has 0 aliphatic rings. The molecule has 184 valence electrons. The number of hydrogen-bond donors (Lipinski definition) is 3. The van der Waals surface area contributed by atoms with Gasteiger partial charge in [-0.15, -0.1) is 5.10 Å². The molecule has 0 bridgehead atoms. The molecule has 0 fully saturated rings.